The third kappa shape index (κ3) is 4.55. The second-order valence-corrected chi connectivity index (χ2v) is 6.41. The minimum Gasteiger partial charge on any atom is -0.457 e. The first-order valence-electron chi connectivity index (χ1n) is 7.50. The van der Waals surface area contributed by atoms with Crippen LogP contribution in [-0.4, -0.2) is 41.9 Å². The number of carbonyl (C=O) groups is 3. The molecular weight excluding hydrogens is 298 g/mol. The maximum atomic E-state index is 12.1. The molecule has 0 bridgehead atoms. The highest BCUT2D eigenvalue weighted by molar-refractivity contribution is 5.93. The summed E-state index contributed by atoms with van der Waals surface area (Å²) in [4.78, 5) is 35.7. The van der Waals surface area contributed by atoms with Gasteiger partial charge in [0, 0.05) is 12.1 Å². The van der Waals surface area contributed by atoms with Crippen molar-refractivity contribution in [1.29, 1.82) is 0 Å². The largest absolute Gasteiger partial charge is 0.457 e. The van der Waals surface area contributed by atoms with Crippen LogP contribution in [-0.2, 0) is 27.3 Å². The van der Waals surface area contributed by atoms with Crippen molar-refractivity contribution >= 4 is 18.3 Å². The molecule has 0 spiro atoms. The van der Waals surface area contributed by atoms with E-state index < -0.39 is 11.7 Å². The lowest BCUT2D eigenvalue weighted by Gasteiger charge is -2.26. The van der Waals surface area contributed by atoms with Gasteiger partial charge in [0.2, 0.25) is 0 Å². The zero-order chi connectivity index (χ0) is 17.0. The first kappa shape index (κ1) is 17.0. The molecule has 1 aliphatic rings. The molecule has 124 valence electrons. The van der Waals surface area contributed by atoms with E-state index in [1.165, 1.54) is 4.90 Å². The Morgan fingerprint density at radius 3 is 2.78 bits per heavy atom. The summed E-state index contributed by atoms with van der Waals surface area (Å²) in [7, 11) is 0. The summed E-state index contributed by atoms with van der Waals surface area (Å²) in [6.45, 7) is 5.97. The summed E-state index contributed by atoms with van der Waals surface area (Å²) in [5.74, 6) is -0.303. The minimum absolute atomic E-state index is 0.0124. The topological polar surface area (TPSA) is 72.9 Å². The predicted octanol–water partition coefficient (Wildman–Crippen LogP) is 2.34. The smallest absolute Gasteiger partial charge is 0.410 e. The Bertz CT molecular complexity index is 618. The van der Waals surface area contributed by atoms with Crippen LogP contribution in [0.4, 0.5) is 4.79 Å². The van der Waals surface area contributed by atoms with Crippen molar-refractivity contribution in [1.82, 2.24) is 4.90 Å². The molecule has 1 aromatic carbocycles. The van der Waals surface area contributed by atoms with E-state index in [0.29, 0.717) is 24.8 Å². The molecule has 0 aromatic heterocycles. The number of hydrogen-bond acceptors (Lipinski definition) is 5. The Morgan fingerprint density at radius 1 is 1.39 bits per heavy atom. The summed E-state index contributed by atoms with van der Waals surface area (Å²) < 4.78 is 10.3. The van der Waals surface area contributed by atoms with Crippen LogP contribution >= 0.6 is 0 Å². The lowest BCUT2D eigenvalue weighted by molar-refractivity contribution is -0.109. The first-order valence-corrected chi connectivity index (χ1v) is 7.50. The predicted molar refractivity (Wildman–Crippen MR) is 83.1 cm³/mol. The maximum Gasteiger partial charge on any atom is 0.410 e. The summed E-state index contributed by atoms with van der Waals surface area (Å²) in [6.07, 6.45) is 0.734. The lowest BCUT2D eigenvalue weighted by Crippen LogP contribution is -2.39. The molecule has 2 rings (SSSR count). The number of esters is 1. The van der Waals surface area contributed by atoms with Crippen LogP contribution < -0.4 is 0 Å². The highest BCUT2D eigenvalue weighted by Crippen LogP contribution is 2.21. The molecule has 0 radical (unpaired) electrons. The van der Waals surface area contributed by atoms with Gasteiger partial charge in [-0.3, -0.25) is 0 Å². The van der Waals surface area contributed by atoms with E-state index in [1.54, 1.807) is 26.8 Å². The van der Waals surface area contributed by atoms with E-state index in [9.17, 15) is 14.4 Å². The molecule has 1 aliphatic heterocycles. The number of benzene rings is 1. The number of ether oxygens (including phenoxy) is 2. The number of cyclic esters (lactones) is 1. The molecule has 1 amide bonds. The Labute approximate surface area is 135 Å². The number of amides is 1. The molecule has 0 saturated heterocycles. The van der Waals surface area contributed by atoms with Crippen LogP contribution in [0.1, 0.15) is 42.3 Å². The Balaban J connectivity index is 2.00. The van der Waals surface area contributed by atoms with Crippen LogP contribution in [0, 0.1) is 0 Å². The van der Waals surface area contributed by atoms with Gasteiger partial charge in [0.25, 0.3) is 0 Å². The van der Waals surface area contributed by atoms with Crippen molar-refractivity contribution in [3.05, 3.63) is 34.9 Å². The van der Waals surface area contributed by atoms with E-state index in [-0.39, 0.29) is 19.1 Å². The van der Waals surface area contributed by atoms with Gasteiger partial charge >= 0.3 is 12.1 Å². The Kier molecular flexibility index (Phi) is 5.03. The summed E-state index contributed by atoms with van der Waals surface area (Å²) in [5, 5.41) is 0. The van der Waals surface area contributed by atoms with E-state index in [2.05, 4.69) is 0 Å². The Morgan fingerprint density at radius 2 is 2.13 bits per heavy atom. The van der Waals surface area contributed by atoms with E-state index in [1.807, 2.05) is 12.1 Å². The van der Waals surface area contributed by atoms with Crippen LogP contribution in [0.15, 0.2) is 18.2 Å². The molecule has 1 heterocycles. The molecule has 0 saturated carbocycles. The van der Waals surface area contributed by atoms with Gasteiger partial charge in [-0.1, -0.05) is 12.1 Å². The van der Waals surface area contributed by atoms with Crippen LogP contribution in [0.25, 0.3) is 0 Å². The minimum atomic E-state index is -0.608. The zero-order valence-corrected chi connectivity index (χ0v) is 13.6. The molecule has 23 heavy (non-hydrogen) atoms. The number of rotatable bonds is 5. The SMILES string of the molecule is CC(C)(C)OC(=O)N(CC=O)CCc1ccc2c(c1)COC2=O. The summed E-state index contributed by atoms with van der Waals surface area (Å²) in [5.41, 5.74) is 1.81. The third-order valence-electron chi connectivity index (χ3n) is 3.37. The quantitative estimate of drug-likeness (QED) is 0.615. The van der Waals surface area contributed by atoms with Crippen LogP contribution in [0.5, 0.6) is 0 Å². The van der Waals surface area contributed by atoms with Crippen molar-refractivity contribution in [3.63, 3.8) is 0 Å². The van der Waals surface area contributed by atoms with Crippen LogP contribution in [0.2, 0.25) is 0 Å². The first-order chi connectivity index (χ1) is 10.8. The monoisotopic (exact) mass is 319 g/mol. The van der Waals surface area contributed by atoms with Gasteiger partial charge in [-0.25, -0.2) is 9.59 Å². The molecular formula is C17H21NO5. The highest BCUT2D eigenvalue weighted by Gasteiger charge is 2.23. The van der Waals surface area contributed by atoms with Gasteiger partial charge in [0.1, 0.15) is 18.5 Å². The van der Waals surface area contributed by atoms with Gasteiger partial charge in [-0.05, 0) is 38.8 Å². The summed E-state index contributed by atoms with van der Waals surface area (Å²) >= 11 is 0. The molecule has 6 heteroatoms. The average Bonchev–Trinajstić information content (AvgIpc) is 2.82. The van der Waals surface area contributed by atoms with Gasteiger partial charge in [0.05, 0.1) is 12.1 Å². The van der Waals surface area contributed by atoms with E-state index in [0.717, 1.165) is 11.1 Å². The molecule has 0 unspecified atom stereocenters. The number of fused-ring (bicyclic) bond motifs is 1. The third-order valence-corrected chi connectivity index (χ3v) is 3.37. The zero-order valence-electron chi connectivity index (χ0n) is 13.6. The molecule has 1 aromatic rings. The Hall–Kier alpha value is -2.37. The number of hydrogen-bond donors (Lipinski definition) is 0. The van der Waals surface area contributed by atoms with Gasteiger partial charge in [0.15, 0.2) is 0 Å². The molecule has 6 nitrogen and oxygen atoms in total. The van der Waals surface area contributed by atoms with Crippen molar-refractivity contribution in [2.75, 3.05) is 13.1 Å². The van der Waals surface area contributed by atoms with E-state index >= 15 is 0 Å². The highest BCUT2D eigenvalue weighted by atomic mass is 16.6. The second-order valence-electron chi connectivity index (χ2n) is 6.41. The molecule has 0 N–H and O–H groups in total. The van der Waals surface area contributed by atoms with Crippen molar-refractivity contribution in [3.8, 4) is 0 Å². The standard InChI is InChI=1S/C17H21NO5/c1-17(2,3)23-16(21)18(8-9-19)7-6-12-4-5-14-13(10-12)11-22-15(14)20/h4-5,9-10H,6-8,11H2,1-3H3. The maximum absolute atomic E-state index is 12.1. The summed E-state index contributed by atoms with van der Waals surface area (Å²) in [6, 6.07) is 5.46. The van der Waals surface area contributed by atoms with Gasteiger partial charge < -0.3 is 19.2 Å². The van der Waals surface area contributed by atoms with E-state index in [4.69, 9.17) is 9.47 Å². The lowest BCUT2D eigenvalue weighted by atomic mass is 10.0. The van der Waals surface area contributed by atoms with Crippen molar-refractivity contribution in [2.24, 2.45) is 0 Å². The molecule has 0 fully saturated rings. The fourth-order valence-electron chi connectivity index (χ4n) is 2.28. The second kappa shape index (κ2) is 6.81. The van der Waals surface area contributed by atoms with Crippen molar-refractivity contribution < 1.29 is 23.9 Å². The van der Waals surface area contributed by atoms with Gasteiger partial charge in [-0.2, -0.15) is 0 Å². The molecule has 0 aliphatic carbocycles. The molecule has 0 atom stereocenters. The number of aldehydes is 1. The van der Waals surface area contributed by atoms with Crippen molar-refractivity contribution in [2.45, 2.75) is 39.4 Å². The fraction of sp³-hybridized carbons (Fsp3) is 0.471. The average molecular weight is 319 g/mol. The normalized spacial score (nSPS) is 13.3. The van der Waals surface area contributed by atoms with Crippen LogP contribution in [0.3, 0.4) is 0 Å². The fourth-order valence-corrected chi connectivity index (χ4v) is 2.28. The van der Waals surface area contributed by atoms with Gasteiger partial charge in [-0.15, -0.1) is 0 Å². The number of carbonyl (C=O) groups excluding carboxylic acids is 3. The number of nitrogens with zero attached hydrogens (tertiary/aromatic N) is 1.